The van der Waals surface area contributed by atoms with Gasteiger partial charge in [0.1, 0.15) is 0 Å². The molecule has 0 fully saturated rings. The van der Waals surface area contributed by atoms with Gasteiger partial charge in [-0.3, -0.25) is 4.79 Å². The zero-order chi connectivity index (χ0) is 12.5. The highest BCUT2D eigenvalue weighted by Gasteiger charge is 2.28. The number of thiophene rings is 1. The third kappa shape index (κ3) is 2.87. The van der Waals surface area contributed by atoms with E-state index in [2.05, 4.69) is 31.9 Å². The Bertz CT molecular complexity index is 381. The Hall–Kier alpha value is 0.130. The standard InChI is InChI=1S/C11H15Br2NOS/c1-7-5-8(16-9(7)13)10(15)14(4)11(2,3)6-12/h5H,6H2,1-4H3. The molecule has 0 aliphatic rings. The molecule has 0 aliphatic carbocycles. The van der Waals surface area contributed by atoms with Crippen molar-refractivity contribution < 1.29 is 4.79 Å². The minimum atomic E-state index is -0.179. The van der Waals surface area contributed by atoms with Gasteiger partial charge in [0.15, 0.2) is 0 Å². The Kier molecular flexibility index (Phi) is 4.60. The van der Waals surface area contributed by atoms with Crippen LogP contribution in [0.25, 0.3) is 0 Å². The van der Waals surface area contributed by atoms with Gasteiger partial charge in [-0.2, -0.15) is 0 Å². The number of amides is 1. The second-order valence-electron chi connectivity index (χ2n) is 4.38. The fourth-order valence-corrected chi connectivity index (χ4v) is 2.98. The van der Waals surface area contributed by atoms with Crippen molar-refractivity contribution in [3.8, 4) is 0 Å². The van der Waals surface area contributed by atoms with Gasteiger partial charge in [0, 0.05) is 17.9 Å². The molecule has 0 spiro atoms. The third-order valence-electron chi connectivity index (χ3n) is 2.61. The first-order chi connectivity index (χ1) is 7.29. The molecule has 1 aromatic heterocycles. The lowest BCUT2D eigenvalue weighted by molar-refractivity contribution is 0.0668. The van der Waals surface area contributed by atoms with Gasteiger partial charge in [-0.05, 0) is 48.3 Å². The second kappa shape index (κ2) is 5.19. The van der Waals surface area contributed by atoms with Crippen LogP contribution in [0.5, 0.6) is 0 Å². The number of halogens is 2. The number of hydrogen-bond donors (Lipinski definition) is 0. The number of rotatable bonds is 3. The molecule has 0 aromatic carbocycles. The van der Waals surface area contributed by atoms with E-state index in [9.17, 15) is 4.79 Å². The maximum absolute atomic E-state index is 12.2. The Morgan fingerprint density at radius 3 is 2.50 bits per heavy atom. The van der Waals surface area contributed by atoms with Gasteiger partial charge in [0.2, 0.25) is 0 Å². The summed E-state index contributed by atoms with van der Waals surface area (Å²) in [5.41, 5.74) is 0.931. The summed E-state index contributed by atoms with van der Waals surface area (Å²) in [6.07, 6.45) is 0. The smallest absolute Gasteiger partial charge is 0.264 e. The number of alkyl halides is 1. The van der Waals surface area contributed by atoms with Gasteiger partial charge in [-0.25, -0.2) is 0 Å². The zero-order valence-corrected chi connectivity index (χ0v) is 13.8. The van der Waals surface area contributed by atoms with Crippen LogP contribution in [0.4, 0.5) is 0 Å². The van der Waals surface area contributed by atoms with E-state index >= 15 is 0 Å². The van der Waals surface area contributed by atoms with E-state index in [1.807, 2.05) is 33.9 Å². The molecule has 1 heterocycles. The number of carbonyl (C=O) groups is 1. The third-order valence-corrected chi connectivity index (χ3v) is 6.10. The topological polar surface area (TPSA) is 20.3 Å². The first kappa shape index (κ1) is 14.2. The lowest BCUT2D eigenvalue weighted by atomic mass is 10.1. The average molecular weight is 369 g/mol. The molecule has 0 radical (unpaired) electrons. The molecule has 1 amide bonds. The summed E-state index contributed by atoms with van der Waals surface area (Å²) in [6, 6.07) is 1.93. The van der Waals surface area contributed by atoms with Crippen LogP contribution in [-0.2, 0) is 0 Å². The minimum Gasteiger partial charge on any atom is -0.335 e. The molecule has 1 aromatic rings. The van der Waals surface area contributed by atoms with Crippen LogP contribution in [-0.4, -0.2) is 28.7 Å². The predicted molar refractivity (Wildman–Crippen MR) is 76.7 cm³/mol. The number of aryl methyl sites for hydroxylation is 1. The van der Waals surface area contributed by atoms with Crippen molar-refractivity contribution in [2.75, 3.05) is 12.4 Å². The van der Waals surface area contributed by atoms with Crippen molar-refractivity contribution in [1.82, 2.24) is 4.90 Å². The van der Waals surface area contributed by atoms with Crippen LogP contribution in [0.1, 0.15) is 29.1 Å². The molecule has 5 heteroatoms. The van der Waals surface area contributed by atoms with E-state index in [0.29, 0.717) is 0 Å². The molecule has 0 saturated heterocycles. The van der Waals surface area contributed by atoms with Crippen molar-refractivity contribution in [2.24, 2.45) is 0 Å². The highest BCUT2D eigenvalue weighted by atomic mass is 79.9. The minimum absolute atomic E-state index is 0.0725. The molecular formula is C11H15Br2NOS. The lowest BCUT2D eigenvalue weighted by Gasteiger charge is -2.33. The molecule has 0 saturated carbocycles. The molecule has 2 nitrogen and oxygen atoms in total. The lowest BCUT2D eigenvalue weighted by Crippen LogP contribution is -2.46. The molecule has 0 bridgehead atoms. The highest BCUT2D eigenvalue weighted by Crippen LogP contribution is 2.29. The van der Waals surface area contributed by atoms with Crippen LogP contribution in [0.3, 0.4) is 0 Å². The van der Waals surface area contributed by atoms with Gasteiger partial charge in [-0.15, -0.1) is 11.3 Å². The predicted octanol–water partition coefficient (Wildman–Crippen LogP) is 4.06. The van der Waals surface area contributed by atoms with E-state index in [-0.39, 0.29) is 11.4 Å². The quantitative estimate of drug-likeness (QED) is 0.736. The molecule has 16 heavy (non-hydrogen) atoms. The van der Waals surface area contributed by atoms with E-state index in [4.69, 9.17) is 0 Å². The summed E-state index contributed by atoms with van der Waals surface area (Å²) in [7, 11) is 1.84. The Labute approximate surface area is 117 Å². The molecule has 1 rings (SSSR count). The monoisotopic (exact) mass is 367 g/mol. The largest absolute Gasteiger partial charge is 0.335 e. The van der Waals surface area contributed by atoms with Gasteiger partial charge in [-0.1, -0.05) is 15.9 Å². The van der Waals surface area contributed by atoms with Gasteiger partial charge < -0.3 is 4.90 Å². The van der Waals surface area contributed by atoms with Crippen molar-refractivity contribution in [2.45, 2.75) is 26.3 Å². The summed E-state index contributed by atoms with van der Waals surface area (Å²) < 4.78 is 1.03. The van der Waals surface area contributed by atoms with E-state index in [0.717, 1.165) is 19.6 Å². The Balaban J connectivity index is 2.94. The zero-order valence-electron chi connectivity index (χ0n) is 9.80. The van der Waals surface area contributed by atoms with Crippen LogP contribution >= 0.6 is 43.2 Å². The van der Waals surface area contributed by atoms with E-state index in [1.165, 1.54) is 11.3 Å². The van der Waals surface area contributed by atoms with Gasteiger partial charge >= 0.3 is 0 Å². The highest BCUT2D eigenvalue weighted by molar-refractivity contribution is 9.11. The normalized spacial score (nSPS) is 11.6. The number of nitrogens with zero attached hydrogens (tertiary/aromatic N) is 1. The number of carbonyl (C=O) groups excluding carboxylic acids is 1. The summed E-state index contributed by atoms with van der Waals surface area (Å²) in [4.78, 5) is 14.8. The Morgan fingerprint density at radius 1 is 1.56 bits per heavy atom. The average Bonchev–Trinajstić information content (AvgIpc) is 2.57. The fraction of sp³-hybridized carbons (Fsp3) is 0.545. The van der Waals surface area contributed by atoms with Crippen molar-refractivity contribution in [3.05, 3.63) is 20.3 Å². The number of hydrogen-bond acceptors (Lipinski definition) is 2. The summed E-state index contributed by atoms with van der Waals surface area (Å²) in [6.45, 7) is 6.07. The van der Waals surface area contributed by atoms with E-state index < -0.39 is 0 Å². The van der Waals surface area contributed by atoms with Gasteiger partial charge in [0.05, 0.1) is 8.66 Å². The maximum Gasteiger partial charge on any atom is 0.264 e. The van der Waals surface area contributed by atoms with Crippen LogP contribution < -0.4 is 0 Å². The maximum atomic E-state index is 12.2. The fourth-order valence-electron chi connectivity index (χ4n) is 1.10. The first-order valence-corrected chi connectivity index (χ1v) is 7.62. The van der Waals surface area contributed by atoms with Crippen LogP contribution in [0.15, 0.2) is 9.85 Å². The molecular weight excluding hydrogens is 354 g/mol. The Morgan fingerprint density at radius 2 is 2.12 bits per heavy atom. The summed E-state index contributed by atoms with van der Waals surface area (Å²) in [5.74, 6) is 0.0725. The SMILES string of the molecule is Cc1cc(C(=O)N(C)C(C)(C)CBr)sc1Br. The molecule has 0 unspecified atom stereocenters. The van der Waals surface area contributed by atoms with Gasteiger partial charge in [0.25, 0.3) is 5.91 Å². The molecule has 0 aliphatic heterocycles. The van der Waals surface area contributed by atoms with Crippen LogP contribution in [0.2, 0.25) is 0 Å². The summed E-state index contributed by atoms with van der Waals surface area (Å²) in [5, 5.41) is 0.758. The molecule has 0 atom stereocenters. The van der Waals surface area contributed by atoms with Crippen molar-refractivity contribution in [1.29, 1.82) is 0 Å². The van der Waals surface area contributed by atoms with E-state index in [1.54, 1.807) is 4.90 Å². The first-order valence-electron chi connectivity index (χ1n) is 4.89. The van der Waals surface area contributed by atoms with Crippen molar-refractivity contribution in [3.63, 3.8) is 0 Å². The summed E-state index contributed by atoms with van der Waals surface area (Å²) >= 11 is 8.36. The van der Waals surface area contributed by atoms with Crippen LogP contribution in [0, 0.1) is 6.92 Å². The molecule has 90 valence electrons. The molecule has 0 N–H and O–H groups in total. The van der Waals surface area contributed by atoms with Crippen molar-refractivity contribution >= 4 is 49.1 Å². The second-order valence-corrected chi connectivity index (χ2v) is 7.31.